The fourth-order valence-corrected chi connectivity index (χ4v) is 4.90. The number of nitrogens with one attached hydrogen (secondary N) is 1. The molecule has 0 saturated carbocycles. The highest BCUT2D eigenvalue weighted by Gasteiger charge is 2.33. The van der Waals surface area contributed by atoms with Gasteiger partial charge in [0.05, 0.1) is 24.3 Å². The number of sulfonamides is 1. The lowest BCUT2D eigenvalue weighted by atomic mass is 10.1. The predicted octanol–water partition coefficient (Wildman–Crippen LogP) is 4.37. The van der Waals surface area contributed by atoms with Crippen molar-refractivity contribution in [3.8, 4) is 5.75 Å². The van der Waals surface area contributed by atoms with Crippen molar-refractivity contribution in [2.45, 2.75) is 30.7 Å². The van der Waals surface area contributed by atoms with Crippen LogP contribution >= 0.6 is 0 Å². The summed E-state index contributed by atoms with van der Waals surface area (Å²) in [5, 5.41) is 0. The number of furan rings is 1. The molecule has 1 aromatic heterocycles. The molecule has 1 aliphatic heterocycles. The molecule has 31 heavy (non-hydrogen) atoms. The van der Waals surface area contributed by atoms with Gasteiger partial charge in [0.2, 0.25) is 0 Å². The molecule has 1 aliphatic rings. The standard InChI is InChI=1S/C23H24N2O5S/c1-16-7-12-19(31(27,28)24-17-8-10-18(29-2)11-9-17)15-20(16)23(26)25-13-3-5-21(25)22-6-4-14-30-22/h4,6-12,14-15,21,24H,3,5,13H2,1-2H3. The zero-order valence-electron chi connectivity index (χ0n) is 17.4. The molecule has 1 saturated heterocycles. The molecule has 1 amide bonds. The Morgan fingerprint density at radius 1 is 1.16 bits per heavy atom. The molecular formula is C23H24N2O5S. The molecule has 0 radical (unpaired) electrons. The minimum atomic E-state index is -3.87. The van der Waals surface area contributed by atoms with Gasteiger partial charge in [0, 0.05) is 17.8 Å². The van der Waals surface area contributed by atoms with Gasteiger partial charge in [0.15, 0.2) is 0 Å². The molecular weight excluding hydrogens is 416 g/mol. The monoisotopic (exact) mass is 440 g/mol. The average molecular weight is 441 g/mol. The molecule has 0 bridgehead atoms. The maximum absolute atomic E-state index is 13.3. The zero-order chi connectivity index (χ0) is 22.0. The Morgan fingerprint density at radius 3 is 2.61 bits per heavy atom. The second kappa shape index (κ2) is 8.47. The largest absolute Gasteiger partial charge is 0.497 e. The molecule has 1 atom stereocenters. The third-order valence-electron chi connectivity index (χ3n) is 5.48. The van der Waals surface area contributed by atoms with Crippen molar-refractivity contribution in [3.63, 3.8) is 0 Å². The zero-order valence-corrected chi connectivity index (χ0v) is 18.2. The Hall–Kier alpha value is -3.26. The minimum absolute atomic E-state index is 0.0333. The minimum Gasteiger partial charge on any atom is -0.497 e. The van der Waals surface area contributed by atoms with Gasteiger partial charge < -0.3 is 14.1 Å². The summed E-state index contributed by atoms with van der Waals surface area (Å²) in [4.78, 5) is 15.1. The SMILES string of the molecule is COc1ccc(NS(=O)(=O)c2ccc(C)c(C(=O)N3CCCC3c3ccco3)c2)cc1. The normalized spacial score (nSPS) is 16.3. The van der Waals surface area contributed by atoms with Crippen LogP contribution in [0.1, 0.15) is 40.6 Å². The maximum Gasteiger partial charge on any atom is 0.261 e. The van der Waals surface area contributed by atoms with Crippen LogP contribution in [-0.4, -0.2) is 32.9 Å². The Morgan fingerprint density at radius 2 is 1.94 bits per heavy atom. The van der Waals surface area contributed by atoms with Gasteiger partial charge in [-0.05, 0) is 73.9 Å². The van der Waals surface area contributed by atoms with Gasteiger partial charge in [-0.3, -0.25) is 9.52 Å². The van der Waals surface area contributed by atoms with Crippen LogP contribution in [0.2, 0.25) is 0 Å². The molecule has 0 spiro atoms. The fraction of sp³-hybridized carbons (Fsp3) is 0.261. The van der Waals surface area contributed by atoms with Gasteiger partial charge in [-0.25, -0.2) is 8.42 Å². The Kier molecular flexibility index (Phi) is 5.73. The number of carbonyl (C=O) groups is 1. The van der Waals surface area contributed by atoms with Crippen molar-refractivity contribution in [2.24, 2.45) is 0 Å². The van der Waals surface area contributed by atoms with Gasteiger partial charge in [-0.2, -0.15) is 0 Å². The number of anilines is 1. The van der Waals surface area contributed by atoms with Crippen LogP contribution in [0.5, 0.6) is 5.75 Å². The molecule has 162 valence electrons. The summed E-state index contributed by atoms with van der Waals surface area (Å²) in [6.45, 7) is 2.41. The van der Waals surface area contributed by atoms with Gasteiger partial charge in [0.1, 0.15) is 11.5 Å². The summed E-state index contributed by atoms with van der Waals surface area (Å²) >= 11 is 0. The number of rotatable bonds is 6. The molecule has 3 aromatic rings. The molecule has 1 N–H and O–H groups in total. The summed E-state index contributed by atoms with van der Waals surface area (Å²) in [6, 6.07) is 14.7. The summed E-state index contributed by atoms with van der Waals surface area (Å²) in [5.74, 6) is 1.18. The number of ether oxygens (including phenoxy) is 1. The van der Waals surface area contributed by atoms with E-state index in [0.29, 0.717) is 23.5 Å². The van der Waals surface area contributed by atoms with Crippen LogP contribution in [-0.2, 0) is 10.0 Å². The quantitative estimate of drug-likeness (QED) is 0.615. The van der Waals surface area contributed by atoms with Crippen molar-refractivity contribution in [1.29, 1.82) is 0 Å². The third-order valence-corrected chi connectivity index (χ3v) is 6.86. The van der Waals surface area contributed by atoms with E-state index < -0.39 is 10.0 Å². The van der Waals surface area contributed by atoms with Crippen molar-refractivity contribution in [1.82, 2.24) is 4.90 Å². The van der Waals surface area contributed by atoms with Gasteiger partial charge in [-0.15, -0.1) is 0 Å². The topological polar surface area (TPSA) is 88.8 Å². The van der Waals surface area contributed by atoms with E-state index in [2.05, 4.69) is 4.72 Å². The van der Waals surface area contributed by atoms with Crippen molar-refractivity contribution >= 4 is 21.6 Å². The smallest absolute Gasteiger partial charge is 0.261 e. The van der Waals surface area contributed by atoms with Crippen LogP contribution in [0.25, 0.3) is 0 Å². The molecule has 0 aliphatic carbocycles. The van der Waals surface area contributed by atoms with Crippen molar-refractivity contribution in [2.75, 3.05) is 18.4 Å². The van der Waals surface area contributed by atoms with Crippen molar-refractivity contribution in [3.05, 3.63) is 77.7 Å². The number of benzene rings is 2. The second-order valence-corrected chi connectivity index (χ2v) is 9.17. The first kappa shape index (κ1) is 21.0. The third kappa shape index (κ3) is 4.29. The van der Waals surface area contributed by atoms with E-state index >= 15 is 0 Å². The summed E-state index contributed by atoms with van der Waals surface area (Å²) in [5.41, 5.74) is 1.50. The number of methoxy groups -OCH3 is 1. The number of amides is 1. The van der Waals surface area contributed by atoms with E-state index in [4.69, 9.17) is 9.15 Å². The molecule has 1 fully saturated rings. The van der Waals surface area contributed by atoms with E-state index in [1.54, 1.807) is 61.6 Å². The Balaban J connectivity index is 1.61. The molecule has 2 aromatic carbocycles. The first-order valence-electron chi connectivity index (χ1n) is 10.0. The molecule has 1 unspecified atom stereocenters. The predicted molar refractivity (Wildman–Crippen MR) is 117 cm³/mol. The van der Waals surface area contributed by atoms with Crippen LogP contribution in [0.4, 0.5) is 5.69 Å². The Labute approximate surface area is 181 Å². The number of hydrogen-bond acceptors (Lipinski definition) is 5. The highest BCUT2D eigenvalue weighted by Crippen LogP contribution is 2.34. The lowest BCUT2D eigenvalue weighted by molar-refractivity contribution is 0.0719. The van der Waals surface area contributed by atoms with E-state index in [1.165, 1.54) is 12.1 Å². The summed E-state index contributed by atoms with van der Waals surface area (Å²) < 4.78 is 39.0. The van der Waals surface area contributed by atoms with Crippen molar-refractivity contribution < 1.29 is 22.4 Å². The molecule has 7 nitrogen and oxygen atoms in total. The van der Waals surface area contributed by atoms with Crippen LogP contribution < -0.4 is 9.46 Å². The van der Waals surface area contributed by atoms with E-state index in [-0.39, 0.29) is 16.8 Å². The number of carbonyl (C=O) groups excluding carboxylic acids is 1. The lowest BCUT2D eigenvalue weighted by Crippen LogP contribution is -2.31. The second-order valence-electron chi connectivity index (χ2n) is 7.48. The number of hydrogen-bond donors (Lipinski definition) is 1. The number of aryl methyl sites for hydroxylation is 1. The number of nitrogens with zero attached hydrogens (tertiary/aromatic N) is 1. The van der Waals surface area contributed by atoms with E-state index in [0.717, 1.165) is 24.2 Å². The van der Waals surface area contributed by atoms with Gasteiger partial charge >= 0.3 is 0 Å². The van der Waals surface area contributed by atoms with E-state index in [1.807, 2.05) is 6.07 Å². The summed E-state index contributed by atoms with van der Waals surface area (Å²) in [6.07, 6.45) is 3.28. The highest BCUT2D eigenvalue weighted by atomic mass is 32.2. The van der Waals surface area contributed by atoms with E-state index in [9.17, 15) is 13.2 Å². The molecule has 4 rings (SSSR count). The highest BCUT2D eigenvalue weighted by molar-refractivity contribution is 7.92. The van der Waals surface area contributed by atoms with Crippen LogP contribution in [0.3, 0.4) is 0 Å². The average Bonchev–Trinajstić information content (AvgIpc) is 3.45. The molecule has 8 heteroatoms. The van der Waals surface area contributed by atoms with Gasteiger partial charge in [0.25, 0.3) is 15.9 Å². The Bertz CT molecular complexity index is 1170. The first-order valence-corrected chi connectivity index (χ1v) is 11.5. The summed E-state index contributed by atoms with van der Waals surface area (Å²) in [7, 11) is -2.32. The maximum atomic E-state index is 13.3. The van der Waals surface area contributed by atoms with Gasteiger partial charge in [-0.1, -0.05) is 6.07 Å². The first-order chi connectivity index (χ1) is 14.9. The lowest BCUT2D eigenvalue weighted by Gasteiger charge is -2.24. The number of likely N-dealkylation sites (tertiary alicyclic amines) is 1. The van der Waals surface area contributed by atoms with Crippen LogP contribution in [0, 0.1) is 6.92 Å². The van der Waals surface area contributed by atoms with Crippen LogP contribution in [0.15, 0.2) is 70.2 Å². The molecule has 2 heterocycles. The fourth-order valence-electron chi connectivity index (χ4n) is 3.81.